The van der Waals surface area contributed by atoms with Gasteiger partial charge in [-0.05, 0) is 18.4 Å². The molecule has 102 valence electrons. The SMILES string of the molecule is COc1ccc(-c2noc([C@@H](N)CC(C)C)n2)nn1. The molecule has 1 atom stereocenters. The Morgan fingerprint density at radius 1 is 1.32 bits per heavy atom. The van der Waals surface area contributed by atoms with E-state index in [2.05, 4.69) is 34.2 Å². The minimum absolute atomic E-state index is 0.257. The predicted molar refractivity (Wildman–Crippen MR) is 68.3 cm³/mol. The lowest BCUT2D eigenvalue weighted by molar-refractivity contribution is 0.335. The third-order valence-electron chi connectivity index (χ3n) is 2.56. The summed E-state index contributed by atoms with van der Waals surface area (Å²) >= 11 is 0. The summed E-state index contributed by atoms with van der Waals surface area (Å²) in [6.45, 7) is 4.18. The van der Waals surface area contributed by atoms with Crippen molar-refractivity contribution in [1.82, 2.24) is 20.3 Å². The van der Waals surface area contributed by atoms with Crippen molar-refractivity contribution in [3.63, 3.8) is 0 Å². The van der Waals surface area contributed by atoms with Crippen molar-refractivity contribution < 1.29 is 9.26 Å². The van der Waals surface area contributed by atoms with E-state index in [-0.39, 0.29) is 6.04 Å². The first-order valence-corrected chi connectivity index (χ1v) is 6.07. The lowest BCUT2D eigenvalue weighted by atomic mass is 10.0. The third kappa shape index (κ3) is 3.25. The Bertz CT molecular complexity index is 523. The molecule has 2 aromatic rings. The van der Waals surface area contributed by atoms with E-state index in [1.807, 2.05) is 0 Å². The monoisotopic (exact) mass is 263 g/mol. The van der Waals surface area contributed by atoms with Crippen molar-refractivity contribution in [2.75, 3.05) is 7.11 Å². The van der Waals surface area contributed by atoms with E-state index in [4.69, 9.17) is 15.0 Å². The molecule has 0 spiro atoms. The highest BCUT2D eigenvalue weighted by Gasteiger charge is 2.17. The topological polar surface area (TPSA) is 100.0 Å². The molecule has 2 N–H and O–H groups in total. The van der Waals surface area contributed by atoms with Crippen LogP contribution in [0.15, 0.2) is 16.7 Å². The van der Waals surface area contributed by atoms with Crippen LogP contribution in [0.25, 0.3) is 11.5 Å². The van der Waals surface area contributed by atoms with Crippen molar-refractivity contribution >= 4 is 0 Å². The number of ether oxygens (including phenoxy) is 1. The third-order valence-corrected chi connectivity index (χ3v) is 2.56. The highest BCUT2D eigenvalue weighted by Crippen LogP contribution is 2.20. The minimum Gasteiger partial charge on any atom is -0.480 e. The van der Waals surface area contributed by atoms with Crippen LogP contribution in [0.2, 0.25) is 0 Å². The van der Waals surface area contributed by atoms with E-state index in [1.54, 1.807) is 12.1 Å². The van der Waals surface area contributed by atoms with E-state index in [9.17, 15) is 0 Å². The molecule has 7 heteroatoms. The molecular weight excluding hydrogens is 246 g/mol. The van der Waals surface area contributed by atoms with E-state index in [0.29, 0.717) is 29.2 Å². The zero-order chi connectivity index (χ0) is 13.8. The zero-order valence-electron chi connectivity index (χ0n) is 11.2. The van der Waals surface area contributed by atoms with Crippen LogP contribution in [0.3, 0.4) is 0 Å². The Morgan fingerprint density at radius 3 is 2.68 bits per heavy atom. The van der Waals surface area contributed by atoms with Crippen molar-refractivity contribution in [1.29, 1.82) is 0 Å². The number of hydrogen-bond acceptors (Lipinski definition) is 7. The normalized spacial score (nSPS) is 12.7. The maximum atomic E-state index is 5.98. The van der Waals surface area contributed by atoms with Gasteiger partial charge in [-0.15, -0.1) is 10.2 Å². The summed E-state index contributed by atoms with van der Waals surface area (Å²) in [5, 5.41) is 11.7. The fraction of sp³-hybridized carbons (Fsp3) is 0.500. The molecule has 0 aliphatic carbocycles. The molecule has 0 aliphatic heterocycles. The van der Waals surface area contributed by atoms with Gasteiger partial charge in [-0.1, -0.05) is 19.0 Å². The van der Waals surface area contributed by atoms with Gasteiger partial charge in [0, 0.05) is 6.07 Å². The second kappa shape index (κ2) is 5.75. The van der Waals surface area contributed by atoms with Crippen LogP contribution in [0.5, 0.6) is 5.88 Å². The van der Waals surface area contributed by atoms with Gasteiger partial charge < -0.3 is 15.0 Å². The first-order valence-electron chi connectivity index (χ1n) is 6.07. The number of aromatic nitrogens is 4. The highest BCUT2D eigenvalue weighted by atomic mass is 16.5. The van der Waals surface area contributed by atoms with Crippen molar-refractivity contribution in [3.8, 4) is 17.4 Å². The summed E-state index contributed by atoms with van der Waals surface area (Å²) in [4.78, 5) is 4.24. The molecule has 0 aromatic carbocycles. The molecule has 2 rings (SSSR count). The summed E-state index contributed by atoms with van der Waals surface area (Å²) in [5.41, 5.74) is 6.50. The fourth-order valence-corrected chi connectivity index (χ4v) is 1.65. The van der Waals surface area contributed by atoms with Crippen LogP contribution in [0, 0.1) is 5.92 Å². The Hall–Kier alpha value is -2.02. The Kier molecular flexibility index (Phi) is 4.06. The highest BCUT2D eigenvalue weighted by molar-refractivity contribution is 5.47. The largest absolute Gasteiger partial charge is 0.480 e. The minimum atomic E-state index is -0.257. The molecule has 0 radical (unpaired) electrons. The van der Waals surface area contributed by atoms with Gasteiger partial charge in [0.05, 0.1) is 13.2 Å². The van der Waals surface area contributed by atoms with Crippen molar-refractivity contribution in [2.24, 2.45) is 11.7 Å². The zero-order valence-corrected chi connectivity index (χ0v) is 11.2. The van der Waals surface area contributed by atoms with Gasteiger partial charge in [0.2, 0.25) is 17.6 Å². The predicted octanol–water partition coefficient (Wildman–Crippen LogP) is 1.58. The number of nitrogens with two attached hydrogens (primary N) is 1. The van der Waals surface area contributed by atoms with Gasteiger partial charge in [-0.3, -0.25) is 0 Å². The summed E-state index contributed by atoms with van der Waals surface area (Å²) in [6.07, 6.45) is 0.788. The van der Waals surface area contributed by atoms with Crippen molar-refractivity contribution in [2.45, 2.75) is 26.3 Å². The number of hydrogen-bond donors (Lipinski definition) is 1. The Morgan fingerprint density at radius 2 is 2.11 bits per heavy atom. The molecule has 0 saturated heterocycles. The molecule has 2 aromatic heterocycles. The molecule has 0 saturated carbocycles. The smallest absolute Gasteiger partial charge is 0.243 e. The number of nitrogens with zero attached hydrogens (tertiary/aromatic N) is 4. The molecular formula is C12H17N5O2. The molecule has 7 nitrogen and oxygen atoms in total. The van der Waals surface area contributed by atoms with Gasteiger partial charge in [0.1, 0.15) is 5.69 Å². The average molecular weight is 263 g/mol. The van der Waals surface area contributed by atoms with Gasteiger partial charge >= 0.3 is 0 Å². The van der Waals surface area contributed by atoms with E-state index < -0.39 is 0 Å². The number of rotatable bonds is 5. The summed E-state index contributed by atoms with van der Waals surface area (Å²) in [5.74, 6) is 1.70. The lowest BCUT2D eigenvalue weighted by Crippen LogP contribution is -2.13. The Balaban J connectivity index is 2.15. The van der Waals surface area contributed by atoms with E-state index in [1.165, 1.54) is 7.11 Å². The second-order valence-electron chi connectivity index (χ2n) is 4.65. The van der Waals surface area contributed by atoms with Crippen LogP contribution in [-0.4, -0.2) is 27.4 Å². The molecule has 0 bridgehead atoms. The van der Waals surface area contributed by atoms with Crippen LogP contribution in [0.4, 0.5) is 0 Å². The van der Waals surface area contributed by atoms with Gasteiger partial charge in [-0.25, -0.2) is 0 Å². The average Bonchev–Trinajstić information content (AvgIpc) is 2.88. The van der Waals surface area contributed by atoms with Gasteiger partial charge in [0.15, 0.2) is 0 Å². The first-order chi connectivity index (χ1) is 9.10. The molecule has 2 heterocycles. The molecule has 0 unspecified atom stereocenters. The number of methoxy groups -OCH3 is 1. The van der Waals surface area contributed by atoms with Gasteiger partial charge in [-0.2, -0.15) is 4.98 Å². The van der Waals surface area contributed by atoms with E-state index >= 15 is 0 Å². The Labute approximate surface area is 111 Å². The molecule has 0 fully saturated rings. The summed E-state index contributed by atoms with van der Waals surface area (Å²) in [6, 6.07) is 3.15. The maximum absolute atomic E-state index is 5.98. The fourth-order valence-electron chi connectivity index (χ4n) is 1.65. The standard InChI is InChI=1S/C12H17N5O2/c1-7(2)6-8(13)12-14-11(17-19-12)9-4-5-10(18-3)16-15-9/h4-5,7-8H,6,13H2,1-3H3/t8-/m0/s1. The summed E-state index contributed by atoms with van der Waals surface area (Å²) in [7, 11) is 1.53. The van der Waals surface area contributed by atoms with Crippen molar-refractivity contribution in [3.05, 3.63) is 18.0 Å². The van der Waals surface area contributed by atoms with Gasteiger partial charge in [0.25, 0.3) is 0 Å². The van der Waals surface area contributed by atoms with Crippen LogP contribution in [0.1, 0.15) is 32.2 Å². The van der Waals surface area contributed by atoms with E-state index in [0.717, 1.165) is 6.42 Å². The second-order valence-corrected chi connectivity index (χ2v) is 4.65. The lowest BCUT2D eigenvalue weighted by Gasteiger charge is -2.08. The van der Waals surface area contributed by atoms with Crippen LogP contribution in [-0.2, 0) is 0 Å². The molecule has 19 heavy (non-hydrogen) atoms. The maximum Gasteiger partial charge on any atom is 0.243 e. The molecule has 0 aliphatic rings. The first kappa shape index (κ1) is 13.4. The quantitative estimate of drug-likeness (QED) is 0.873. The van der Waals surface area contributed by atoms with Crippen LogP contribution < -0.4 is 10.5 Å². The molecule has 0 amide bonds. The van der Waals surface area contributed by atoms with Crippen LogP contribution >= 0.6 is 0 Å². The summed E-state index contributed by atoms with van der Waals surface area (Å²) < 4.78 is 10.1.